The summed E-state index contributed by atoms with van der Waals surface area (Å²) in [6.45, 7) is 4.46. The second-order valence-electron chi connectivity index (χ2n) is 8.91. The fraction of sp³-hybridized carbons (Fsp3) is 0.312. The zero-order chi connectivity index (χ0) is 29.1. The van der Waals surface area contributed by atoms with Crippen molar-refractivity contribution in [2.24, 2.45) is 0 Å². The van der Waals surface area contributed by atoms with Gasteiger partial charge < -0.3 is 9.47 Å². The highest BCUT2D eigenvalue weighted by atomic mass is 19.2. The van der Waals surface area contributed by atoms with Gasteiger partial charge in [-0.15, -0.1) is 0 Å². The van der Waals surface area contributed by atoms with Crippen molar-refractivity contribution in [3.8, 4) is 35.2 Å². The van der Waals surface area contributed by atoms with Crippen molar-refractivity contribution in [1.82, 2.24) is 0 Å². The van der Waals surface area contributed by atoms with Gasteiger partial charge in [-0.2, -0.15) is 8.78 Å². The van der Waals surface area contributed by atoms with Crippen molar-refractivity contribution in [2.45, 2.75) is 52.4 Å². The number of rotatable bonds is 10. The SMILES string of the molecule is CCCCCOc1ccc(C#Cc2cc(F)c(C#Cc3c(F)c(F)c(OCCCCC)c(F)c3F)c(F)c2)cc1. The van der Waals surface area contributed by atoms with Crippen molar-refractivity contribution in [1.29, 1.82) is 0 Å². The molecule has 0 aliphatic heterocycles. The molecule has 0 radical (unpaired) electrons. The van der Waals surface area contributed by atoms with Crippen LogP contribution in [0.1, 0.15) is 74.6 Å². The molecule has 2 nitrogen and oxygen atoms in total. The van der Waals surface area contributed by atoms with Gasteiger partial charge in [-0.1, -0.05) is 63.2 Å². The van der Waals surface area contributed by atoms with Gasteiger partial charge in [0.15, 0.2) is 17.4 Å². The molecule has 0 aliphatic carbocycles. The van der Waals surface area contributed by atoms with Gasteiger partial charge in [0.25, 0.3) is 0 Å². The predicted molar refractivity (Wildman–Crippen MR) is 141 cm³/mol. The first kappa shape index (κ1) is 30.5. The van der Waals surface area contributed by atoms with E-state index in [1.165, 1.54) is 0 Å². The first-order chi connectivity index (χ1) is 19.3. The summed E-state index contributed by atoms with van der Waals surface area (Å²) in [6.07, 6.45) is 5.05. The molecular weight excluding hydrogens is 530 g/mol. The lowest BCUT2D eigenvalue weighted by Crippen LogP contribution is -2.08. The third kappa shape index (κ3) is 7.99. The molecule has 0 fully saturated rings. The third-order valence-corrected chi connectivity index (χ3v) is 5.79. The molecule has 0 spiro atoms. The minimum atomic E-state index is -1.82. The molecule has 0 saturated heterocycles. The molecule has 0 amide bonds. The molecule has 0 heterocycles. The maximum Gasteiger partial charge on any atom is 0.205 e. The largest absolute Gasteiger partial charge is 0.494 e. The zero-order valence-electron chi connectivity index (χ0n) is 22.2. The molecule has 0 bridgehead atoms. The highest BCUT2D eigenvalue weighted by Crippen LogP contribution is 2.30. The fourth-order valence-corrected chi connectivity index (χ4v) is 3.58. The first-order valence-electron chi connectivity index (χ1n) is 13.0. The Balaban J connectivity index is 1.78. The molecule has 3 rings (SSSR count). The standard InChI is InChI=1S/C32H28F6O2/c1-3-5-7-17-39-23-13-11-21(12-14-23)9-10-22-19-26(33)24(27(34)20-22)15-16-25-28(35)30(37)32(31(38)29(25)36)40-18-8-6-4-2/h11-14,19-20H,3-8,17-18H2,1-2H3. The van der Waals surface area contributed by atoms with Gasteiger partial charge in [-0.3, -0.25) is 0 Å². The van der Waals surface area contributed by atoms with E-state index in [0.717, 1.165) is 37.8 Å². The molecule has 0 aliphatic rings. The number of benzene rings is 3. The average molecular weight is 559 g/mol. The maximum atomic E-state index is 14.6. The summed E-state index contributed by atoms with van der Waals surface area (Å²) in [5.74, 6) is -0.888. The van der Waals surface area contributed by atoms with Gasteiger partial charge in [0.05, 0.1) is 18.8 Å². The van der Waals surface area contributed by atoms with Gasteiger partial charge in [-0.25, -0.2) is 17.6 Å². The van der Waals surface area contributed by atoms with Crippen LogP contribution in [0.5, 0.6) is 11.5 Å². The van der Waals surface area contributed by atoms with Crippen LogP contribution in [-0.2, 0) is 0 Å². The van der Waals surface area contributed by atoms with Crippen LogP contribution >= 0.6 is 0 Å². The van der Waals surface area contributed by atoms with E-state index >= 15 is 0 Å². The van der Waals surface area contributed by atoms with E-state index in [2.05, 4.69) is 18.8 Å². The summed E-state index contributed by atoms with van der Waals surface area (Å²) in [4.78, 5) is 0. The van der Waals surface area contributed by atoms with E-state index in [-0.39, 0.29) is 12.2 Å². The second-order valence-corrected chi connectivity index (χ2v) is 8.91. The number of hydrogen-bond donors (Lipinski definition) is 0. The molecular formula is C32H28F6O2. The maximum absolute atomic E-state index is 14.6. The monoisotopic (exact) mass is 558 g/mol. The lowest BCUT2D eigenvalue weighted by molar-refractivity contribution is 0.264. The number of ether oxygens (including phenoxy) is 2. The molecule has 40 heavy (non-hydrogen) atoms. The molecule has 210 valence electrons. The summed E-state index contributed by atoms with van der Waals surface area (Å²) in [5, 5.41) is 0. The fourth-order valence-electron chi connectivity index (χ4n) is 3.58. The number of unbranched alkanes of at least 4 members (excludes halogenated alkanes) is 4. The number of hydrogen-bond acceptors (Lipinski definition) is 2. The van der Waals surface area contributed by atoms with Crippen molar-refractivity contribution in [2.75, 3.05) is 13.2 Å². The van der Waals surface area contributed by atoms with Crippen LogP contribution in [0.2, 0.25) is 0 Å². The highest BCUT2D eigenvalue weighted by Gasteiger charge is 2.26. The van der Waals surface area contributed by atoms with Gasteiger partial charge in [0.2, 0.25) is 11.6 Å². The Kier molecular flexibility index (Phi) is 11.4. The normalized spacial score (nSPS) is 10.4. The number of halogens is 6. The molecule has 0 saturated carbocycles. The Morgan fingerprint density at radius 3 is 1.60 bits per heavy atom. The Morgan fingerprint density at radius 1 is 0.550 bits per heavy atom. The Morgan fingerprint density at radius 2 is 1.05 bits per heavy atom. The van der Waals surface area contributed by atoms with E-state index in [0.29, 0.717) is 30.8 Å². The van der Waals surface area contributed by atoms with Crippen LogP contribution in [-0.4, -0.2) is 13.2 Å². The van der Waals surface area contributed by atoms with Gasteiger partial charge in [-0.05, 0) is 49.2 Å². The molecule has 3 aromatic rings. The smallest absolute Gasteiger partial charge is 0.205 e. The van der Waals surface area contributed by atoms with E-state index in [9.17, 15) is 26.3 Å². The average Bonchev–Trinajstić information content (AvgIpc) is 2.94. The minimum absolute atomic E-state index is 0.0144. The van der Waals surface area contributed by atoms with Gasteiger partial charge in [0.1, 0.15) is 22.9 Å². The molecule has 0 aromatic heterocycles. The lowest BCUT2D eigenvalue weighted by atomic mass is 10.1. The van der Waals surface area contributed by atoms with Crippen LogP contribution < -0.4 is 9.47 Å². The first-order valence-corrected chi connectivity index (χ1v) is 13.0. The quantitative estimate of drug-likeness (QED) is 0.108. The molecule has 0 N–H and O–H groups in total. The third-order valence-electron chi connectivity index (χ3n) is 5.79. The second kappa shape index (κ2) is 14.9. The predicted octanol–water partition coefficient (Wildman–Crippen LogP) is 8.46. The van der Waals surface area contributed by atoms with E-state index in [4.69, 9.17) is 9.47 Å². The van der Waals surface area contributed by atoms with E-state index in [1.807, 2.05) is 12.8 Å². The summed E-state index contributed by atoms with van der Waals surface area (Å²) in [5.41, 5.74) is -1.58. The van der Waals surface area contributed by atoms with Crippen molar-refractivity contribution in [3.05, 3.63) is 93.6 Å². The Hall–Kier alpha value is -4.04. The van der Waals surface area contributed by atoms with Gasteiger partial charge in [0, 0.05) is 11.1 Å². The molecule has 8 heteroatoms. The van der Waals surface area contributed by atoms with E-state index in [1.54, 1.807) is 30.2 Å². The molecule has 0 atom stereocenters. The topological polar surface area (TPSA) is 18.5 Å². The lowest BCUT2D eigenvalue weighted by Gasteiger charge is -2.10. The van der Waals surface area contributed by atoms with E-state index < -0.39 is 51.8 Å². The van der Waals surface area contributed by atoms with Crippen LogP contribution in [0, 0.1) is 58.6 Å². The van der Waals surface area contributed by atoms with Gasteiger partial charge >= 0.3 is 0 Å². The highest BCUT2D eigenvalue weighted by molar-refractivity contribution is 5.51. The summed E-state index contributed by atoms with van der Waals surface area (Å²) >= 11 is 0. The van der Waals surface area contributed by atoms with Crippen LogP contribution in [0.3, 0.4) is 0 Å². The zero-order valence-corrected chi connectivity index (χ0v) is 22.2. The Bertz CT molecular complexity index is 1390. The van der Waals surface area contributed by atoms with Crippen LogP contribution in [0.4, 0.5) is 26.3 Å². The summed E-state index contributed by atoms with van der Waals surface area (Å²) in [6, 6.07) is 8.68. The summed E-state index contributed by atoms with van der Waals surface area (Å²) < 4.78 is 97.3. The molecule has 3 aromatic carbocycles. The minimum Gasteiger partial charge on any atom is -0.494 e. The van der Waals surface area contributed by atoms with Crippen LogP contribution in [0.25, 0.3) is 0 Å². The van der Waals surface area contributed by atoms with Crippen molar-refractivity contribution < 1.29 is 35.8 Å². The molecule has 0 unspecified atom stereocenters. The Labute approximate surface area is 230 Å². The van der Waals surface area contributed by atoms with Crippen LogP contribution in [0.15, 0.2) is 36.4 Å². The summed E-state index contributed by atoms with van der Waals surface area (Å²) in [7, 11) is 0. The van der Waals surface area contributed by atoms with Crippen molar-refractivity contribution >= 4 is 0 Å². The van der Waals surface area contributed by atoms with Crippen molar-refractivity contribution in [3.63, 3.8) is 0 Å².